The van der Waals surface area contributed by atoms with E-state index in [2.05, 4.69) is 324 Å². The first-order chi connectivity index (χ1) is 44.5. The number of rotatable bonds is 5. The van der Waals surface area contributed by atoms with E-state index < -0.39 is 0 Å². The molecule has 484 valence electrons. The summed E-state index contributed by atoms with van der Waals surface area (Å²) in [6.07, 6.45) is 6.84. The molecule has 3 nitrogen and oxygen atoms in total. The fraction of sp³-hybridized carbons (Fsp3) is 0.407. The molecule has 16 rings (SSSR count). The number of benzene rings is 9. The molecule has 95 heavy (non-hydrogen) atoms. The molecule has 3 heterocycles. The zero-order valence-corrected chi connectivity index (χ0v) is 61.3. The van der Waals surface area contributed by atoms with Gasteiger partial charge in [-0.15, -0.1) is 0 Å². The Bertz CT molecular complexity index is 4740. The topological polar surface area (TPSA) is 9.72 Å². The third-order valence-electron chi connectivity index (χ3n) is 25.8. The van der Waals surface area contributed by atoms with Crippen LogP contribution in [-0.2, 0) is 48.7 Å². The molecule has 0 amide bonds. The minimum absolute atomic E-state index is 0.0124. The maximum Gasteiger partial charge on any atom is 0.252 e. The smallest absolute Gasteiger partial charge is 0.252 e. The summed E-state index contributed by atoms with van der Waals surface area (Å²) < 4.78 is 0. The maximum atomic E-state index is 2.90. The molecule has 0 saturated heterocycles. The fourth-order valence-electron chi connectivity index (χ4n) is 20.9. The maximum absolute atomic E-state index is 2.90. The van der Waals surface area contributed by atoms with E-state index in [0.29, 0.717) is 0 Å². The van der Waals surface area contributed by atoms with Gasteiger partial charge in [0.05, 0.1) is 11.2 Å². The molecular weight excluding hydrogens is 1150 g/mol. The van der Waals surface area contributed by atoms with Crippen LogP contribution in [0, 0.1) is 6.92 Å². The second-order valence-corrected chi connectivity index (χ2v) is 36.8. The molecule has 2 unspecified atom stereocenters. The second-order valence-electron chi connectivity index (χ2n) is 36.8. The average Bonchev–Trinajstić information content (AvgIpc) is 1.37. The van der Waals surface area contributed by atoms with Crippen molar-refractivity contribution >= 4 is 68.6 Å². The van der Waals surface area contributed by atoms with Crippen LogP contribution in [0.2, 0.25) is 0 Å². The van der Waals surface area contributed by atoms with Crippen LogP contribution in [-0.4, -0.2) is 12.3 Å². The van der Waals surface area contributed by atoms with E-state index in [4.69, 9.17) is 0 Å². The Morgan fingerprint density at radius 2 is 0.821 bits per heavy atom. The van der Waals surface area contributed by atoms with Crippen molar-refractivity contribution in [3.05, 3.63) is 231 Å². The molecule has 2 atom stereocenters. The van der Waals surface area contributed by atoms with E-state index in [9.17, 15) is 0 Å². The molecular formula is C91H102BN3. The lowest BCUT2D eigenvalue weighted by Gasteiger charge is -2.51. The Morgan fingerprint density at radius 1 is 0.358 bits per heavy atom. The van der Waals surface area contributed by atoms with E-state index in [0.717, 1.165) is 25.7 Å². The quantitative estimate of drug-likeness (QED) is 0.159. The Hall–Kier alpha value is -7.56. The molecule has 0 bridgehead atoms. The van der Waals surface area contributed by atoms with Gasteiger partial charge in [0.1, 0.15) is 0 Å². The van der Waals surface area contributed by atoms with Gasteiger partial charge in [-0.1, -0.05) is 254 Å². The molecule has 0 radical (unpaired) electrons. The lowest BCUT2D eigenvalue weighted by Crippen LogP contribution is -2.62. The summed E-state index contributed by atoms with van der Waals surface area (Å²) in [5.41, 5.74) is 35.7. The standard InChI is InChI=1S/C91H102BN3/c1-55-43-65-67(86(12,13)53-84(65,8)9)50-76(55)94-77-51-68-66(85(10,11)54-87(68,14)15)48-72(77)92-73-49-69-70(89(18,19)64-32-26-25-31-63(64)88(69,16)17)52-78(73)93(74-40-38-60(83(5,6)7)45-62(74)57-29-23-22-24-30-57)79-46-61(47-80(94)81(79)92)95-75-39-35-58(56-33-36-59(37-34-56)82(2,3)4)44-71(75)90(20)41-27-28-42-91(90,95)21/h22-26,29-40,43-52H,27-28,41-42,53-54H2,1-21H3. The van der Waals surface area contributed by atoms with E-state index in [1.165, 1.54) is 164 Å². The van der Waals surface area contributed by atoms with Gasteiger partial charge in [-0.05, 0) is 226 Å². The molecule has 1 fully saturated rings. The van der Waals surface area contributed by atoms with Crippen molar-refractivity contribution in [2.75, 3.05) is 14.7 Å². The predicted octanol–water partition coefficient (Wildman–Crippen LogP) is 22.6. The van der Waals surface area contributed by atoms with Gasteiger partial charge in [0.15, 0.2) is 0 Å². The summed E-state index contributed by atoms with van der Waals surface area (Å²) in [6, 6.07) is 66.9. The van der Waals surface area contributed by atoms with Gasteiger partial charge in [-0.2, -0.15) is 0 Å². The van der Waals surface area contributed by atoms with Crippen molar-refractivity contribution in [3.63, 3.8) is 0 Å². The van der Waals surface area contributed by atoms with Crippen LogP contribution in [0.4, 0.5) is 45.5 Å². The highest BCUT2D eigenvalue weighted by atomic mass is 15.3. The van der Waals surface area contributed by atoms with E-state index in [-0.39, 0.29) is 61.0 Å². The summed E-state index contributed by atoms with van der Waals surface area (Å²) in [6.45, 7) is 51.8. The van der Waals surface area contributed by atoms with Crippen LogP contribution >= 0.6 is 0 Å². The van der Waals surface area contributed by atoms with Gasteiger partial charge in [0.2, 0.25) is 0 Å². The minimum Gasteiger partial charge on any atom is -0.334 e. The van der Waals surface area contributed by atoms with E-state index in [1.54, 1.807) is 0 Å². The van der Waals surface area contributed by atoms with Crippen LogP contribution in [0.5, 0.6) is 0 Å². The van der Waals surface area contributed by atoms with Gasteiger partial charge in [-0.3, -0.25) is 0 Å². The zero-order chi connectivity index (χ0) is 67.2. The molecule has 3 aliphatic heterocycles. The molecule has 0 N–H and O–H groups in total. The van der Waals surface area contributed by atoms with Crippen molar-refractivity contribution in [2.24, 2.45) is 0 Å². The van der Waals surface area contributed by atoms with Crippen LogP contribution in [0.1, 0.15) is 244 Å². The molecule has 7 aliphatic rings. The molecule has 1 saturated carbocycles. The van der Waals surface area contributed by atoms with Crippen molar-refractivity contribution in [3.8, 4) is 22.3 Å². The van der Waals surface area contributed by atoms with Crippen molar-refractivity contribution in [1.82, 2.24) is 0 Å². The van der Waals surface area contributed by atoms with Gasteiger partial charge in [0, 0.05) is 61.6 Å². The summed E-state index contributed by atoms with van der Waals surface area (Å²) in [5.74, 6) is 0. The summed E-state index contributed by atoms with van der Waals surface area (Å²) in [4.78, 5) is 8.54. The number of anilines is 8. The Morgan fingerprint density at radius 3 is 1.40 bits per heavy atom. The summed E-state index contributed by atoms with van der Waals surface area (Å²) in [7, 11) is 0. The number of nitrogens with zero attached hydrogens (tertiary/aromatic N) is 3. The molecule has 0 aromatic heterocycles. The van der Waals surface area contributed by atoms with Crippen LogP contribution < -0.4 is 31.1 Å². The lowest BCUT2D eigenvalue weighted by molar-refractivity contribution is 0.195. The van der Waals surface area contributed by atoms with Crippen molar-refractivity contribution < 1.29 is 0 Å². The number of hydrogen-bond donors (Lipinski definition) is 0. The largest absolute Gasteiger partial charge is 0.334 e. The highest BCUT2D eigenvalue weighted by molar-refractivity contribution is 7.00. The number of aryl methyl sites for hydroxylation is 1. The minimum atomic E-state index is -0.286. The lowest BCUT2D eigenvalue weighted by atomic mass is 9.32. The summed E-state index contributed by atoms with van der Waals surface area (Å²) in [5, 5.41) is 0. The highest BCUT2D eigenvalue weighted by Gasteiger charge is 2.59. The second kappa shape index (κ2) is 19.8. The average molecular weight is 1250 g/mol. The Kier molecular flexibility index (Phi) is 13.0. The molecule has 4 aliphatic carbocycles. The number of fused-ring (bicyclic) bond motifs is 11. The summed E-state index contributed by atoms with van der Waals surface area (Å²) >= 11 is 0. The number of hydrogen-bond acceptors (Lipinski definition) is 3. The monoisotopic (exact) mass is 1250 g/mol. The van der Waals surface area contributed by atoms with E-state index >= 15 is 0 Å². The van der Waals surface area contributed by atoms with Gasteiger partial charge in [0.25, 0.3) is 6.71 Å². The third kappa shape index (κ3) is 8.75. The van der Waals surface area contributed by atoms with Crippen LogP contribution in [0.3, 0.4) is 0 Å². The molecule has 9 aromatic carbocycles. The Labute approximate surface area is 570 Å². The van der Waals surface area contributed by atoms with Crippen LogP contribution in [0.25, 0.3) is 22.3 Å². The Balaban J connectivity index is 1.07. The zero-order valence-electron chi connectivity index (χ0n) is 61.3. The van der Waals surface area contributed by atoms with Gasteiger partial charge >= 0.3 is 0 Å². The van der Waals surface area contributed by atoms with Crippen molar-refractivity contribution in [2.45, 2.75) is 238 Å². The molecule has 9 aromatic rings. The molecule has 4 heteroatoms. The highest BCUT2D eigenvalue weighted by Crippen LogP contribution is 2.64. The van der Waals surface area contributed by atoms with Crippen molar-refractivity contribution in [1.29, 1.82) is 0 Å². The predicted molar refractivity (Wildman–Crippen MR) is 408 cm³/mol. The van der Waals surface area contributed by atoms with Gasteiger partial charge < -0.3 is 14.7 Å². The SMILES string of the molecule is Cc1cc2c(cc1N1c3cc4c(cc3B3c5cc6c(cc5N(c5ccc(C(C)(C)C)cc5-c5ccccc5)c5cc(N7c8ccc(-c9ccc(C(C)(C)C)cc9)cc8C8(C)CCCCC78C)cc1c53)C(C)(C)c1ccccc1C6(C)C)C(C)(C)CC4(C)C)C(C)(C)CC2(C)C. The van der Waals surface area contributed by atoms with E-state index in [1.807, 2.05) is 0 Å². The van der Waals surface area contributed by atoms with Gasteiger partial charge in [-0.25, -0.2) is 0 Å². The van der Waals surface area contributed by atoms with Crippen LogP contribution in [0.15, 0.2) is 164 Å². The molecule has 0 spiro atoms. The fourth-order valence-corrected chi connectivity index (χ4v) is 20.9. The third-order valence-corrected chi connectivity index (χ3v) is 25.8. The first-order valence-corrected chi connectivity index (χ1v) is 36.2. The first kappa shape index (κ1) is 62.3. The normalized spacial score (nSPS) is 22.2. The first-order valence-electron chi connectivity index (χ1n) is 36.2.